The first kappa shape index (κ1) is 17.5. The molecule has 5 heteroatoms. The maximum atomic E-state index is 13.8. The van der Waals surface area contributed by atoms with E-state index in [9.17, 15) is 14.0 Å². The van der Waals surface area contributed by atoms with Crippen LogP contribution < -0.4 is 0 Å². The highest BCUT2D eigenvalue weighted by Gasteiger charge is 2.40. The molecule has 0 aromatic heterocycles. The SMILES string of the molecule is O=C([C@H]1CCC(=O)N(C2CC2)C1)N1CCC(Cc2ccccc2F)CC1. The van der Waals surface area contributed by atoms with Crippen LogP contribution in [0.4, 0.5) is 4.39 Å². The summed E-state index contributed by atoms with van der Waals surface area (Å²) in [4.78, 5) is 28.8. The van der Waals surface area contributed by atoms with Crippen molar-refractivity contribution in [1.82, 2.24) is 9.80 Å². The molecule has 1 aromatic carbocycles. The first-order valence-corrected chi connectivity index (χ1v) is 9.93. The topological polar surface area (TPSA) is 40.6 Å². The number of likely N-dealkylation sites (tertiary alicyclic amines) is 2. The summed E-state index contributed by atoms with van der Waals surface area (Å²) in [6.07, 6.45) is 5.99. The molecule has 0 spiro atoms. The summed E-state index contributed by atoms with van der Waals surface area (Å²) >= 11 is 0. The van der Waals surface area contributed by atoms with Gasteiger partial charge in [-0.25, -0.2) is 4.39 Å². The fourth-order valence-corrected chi connectivity index (χ4v) is 4.40. The Hall–Kier alpha value is -1.91. The summed E-state index contributed by atoms with van der Waals surface area (Å²) in [5.74, 6) is 0.717. The zero-order valence-corrected chi connectivity index (χ0v) is 15.2. The van der Waals surface area contributed by atoms with Crippen LogP contribution in [0.25, 0.3) is 0 Å². The van der Waals surface area contributed by atoms with Gasteiger partial charge in [0.1, 0.15) is 5.82 Å². The van der Waals surface area contributed by atoms with Crippen molar-refractivity contribution >= 4 is 11.8 Å². The second kappa shape index (κ2) is 7.37. The van der Waals surface area contributed by atoms with E-state index >= 15 is 0 Å². The van der Waals surface area contributed by atoms with Gasteiger partial charge >= 0.3 is 0 Å². The van der Waals surface area contributed by atoms with Crippen molar-refractivity contribution in [2.45, 2.75) is 51.0 Å². The minimum Gasteiger partial charge on any atom is -0.342 e. The summed E-state index contributed by atoms with van der Waals surface area (Å²) in [5, 5.41) is 0. The van der Waals surface area contributed by atoms with Crippen molar-refractivity contribution in [2.24, 2.45) is 11.8 Å². The minimum absolute atomic E-state index is 0.0311. The number of carbonyl (C=O) groups excluding carboxylic acids is 2. The van der Waals surface area contributed by atoms with E-state index in [-0.39, 0.29) is 23.5 Å². The lowest BCUT2D eigenvalue weighted by Crippen LogP contribution is -2.49. The van der Waals surface area contributed by atoms with Crippen molar-refractivity contribution < 1.29 is 14.0 Å². The van der Waals surface area contributed by atoms with Gasteiger partial charge in [-0.2, -0.15) is 0 Å². The molecule has 2 aliphatic heterocycles. The molecule has 4 rings (SSSR count). The van der Waals surface area contributed by atoms with Crippen molar-refractivity contribution in [3.63, 3.8) is 0 Å². The van der Waals surface area contributed by atoms with Gasteiger partial charge < -0.3 is 9.80 Å². The van der Waals surface area contributed by atoms with Gasteiger partial charge in [-0.1, -0.05) is 18.2 Å². The highest BCUT2D eigenvalue weighted by atomic mass is 19.1. The van der Waals surface area contributed by atoms with Crippen molar-refractivity contribution in [2.75, 3.05) is 19.6 Å². The summed E-state index contributed by atoms with van der Waals surface area (Å²) in [6, 6.07) is 7.37. The molecule has 4 nitrogen and oxygen atoms in total. The molecule has 0 N–H and O–H groups in total. The molecular weight excluding hydrogens is 331 g/mol. The normalized spacial score (nSPS) is 24.8. The Balaban J connectivity index is 1.29. The summed E-state index contributed by atoms with van der Waals surface area (Å²) in [6.45, 7) is 2.12. The highest BCUT2D eigenvalue weighted by molar-refractivity contribution is 5.84. The Morgan fingerprint density at radius 3 is 2.50 bits per heavy atom. The van der Waals surface area contributed by atoms with Gasteiger partial charge in [0.05, 0.1) is 5.92 Å². The number of benzene rings is 1. The minimum atomic E-state index is -0.127. The molecule has 0 unspecified atom stereocenters. The second-order valence-electron chi connectivity index (χ2n) is 8.08. The Kier molecular flexibility index (Phi) is 4.96. The molecule has 0 radical (unpaired) electrons. The molecule has 3 aliphatic rings. The number of carbonyl (C=O) groups is 2. The zero-order valence-electron chi connectivity index (χ0n) is 15.2. The molecule has 2 saturated heterocycles. The fourth-order valence-electron chi connectivity index (χ4n) is 4.40. The first-order chi connectivity index (χ1) is 12.6. The average molecular weight is 358 g/mol. The molecule has 2 heterocycles. The van der Waals surface area contributed by atoms with Crippen LogP contribution in [-0.2, 0) is 16.0 Å². The van der Waals surface area contributed by atoms with Crippen LogP contribution >= 0.6 is 0 Å². The largest absolute Gasteiger partial charge is 0.342 e. The van der Waals surface area contributed by atoms with Gasteiger partial charge in [0.2, 0.25) is 11.8 Å². The predicted octanol–water partition coefficient (Wildman–Crippen LogP) is 3.01. The maximum Gasteiger partial charge on any atom is 0.227 e. The van der Waals surface area contributed by atoms with E-state index in [0.29, 0.717) is 31.3 Å². The second-order valence-corrected chi connectivity index (χ2v) is 8.08. The third-order valence-electron chi connectivity index (χ3n) is 6.17. The molecule has 1 saturated carbocycles. The van der Waals surface area contributed by atoms with E-state index in [4.69, 9.17) is 0 Å². The van der Waals surface area contributed by atoms with Crippen molar-refractivity contribution in [1.29, 1.82) is 0 Å². The van der Waals surface area contributed by atoms with Crippen LogP contribution in [0.15, 0.2) is 24.3 Å². The van der Waals surface area contributed by atoms with Gasteiger partial charge in [0.15, 0.2) is 0 Å². The number of piperidine rings is 2. The molecule has 26 heavy (non-hydrogen) atoms. The van der Waals surface area contributed by atoms with Gasteiger partial charge in [-0.05, 0) is 56.1 Å². The van der Waals surface area contributed by atoms with Crippen molar-refractivity contribution in [3.8, 4) is 0 Å². The molecule has 1 aliphatic carbocycles. The number of halogens is 1. The lowest BCUT2D eigenvalue weighted by molar-refractivity contribution is -0.144. The van der Waals surface area contributed by atoms with E-state index in [1.807, 2.05) is 21.9 Å². The van der Waals surface area contributed by atoms with E-state index in [1.165, 1.54) is 6.07 Å². The Morgan fingerprint density at radius 1 is 1.08 bits per heavy atom. The summed E-state index contributed by atoms with van der Waals surface area (Å²) in [5.41, 5.74) is 0.781. The van der Waals surface area contributed by atoms with E-state index < -0.39 is 0 Å². The molecule has 3 fully saturated rings. The Labute approximate surface area is 154 Å². The van der Waals surface area contributed by atoms with Gasteiger partial charge in [0, 0.05) is 32.1 Å². The van der Waals surface area contributed by atoms with Crippen LogP contribution in [0.5, 0.6) is 0 Å². The smallest absolute Gasteiger partial charge is 0.227 e. The third kappa shape index (κ3) is 3.76. The van der Waals surface area contributed by atoms with E-state index in [0.717, 1.165) is 50.8 Å². The third-order valence-corrected chi connectivity index (χ3v) is 6.17. The number of nitrogens with zero attached hydrogens (tertiary/aromatic N) is 2. The molecule has 140 valence electrons. The van der Waals surface area contributed by atoms with Gasteiger partial charge in [-0.3, -0.25) is 9.59 Å². The lowest BCUT2D eigenvalue weighted by atomic mass is 9.88. The van der Waals surface area contributed by atoms with E-state index in [1.54, 1.807) is 6.07 Å². The fraction of sp³-hybridized carbons (Fsp3) is 0.619. The average Bonchev–Trinajstić information content (AvgIpc) is 3.49. The molecule has 1 aromatic rings. The van der Waals surface area contributed by atoms with E-state index in [2.05, 4.69) is 0 Å². The van der Waals surface area contributed by atoms with Gasteiger partial charge in [-0.15, -0.1) is 0 Å². The van der Waals surface area contributed by atoms with Crippen molar-refractivity contribution in [3.05, 3.63) is 35.6 Å². The van der Waals surface area contributed by atoms with Crippen LogP contribution in [0.3, 0.4) is 0 Å². The van der Waals surface area contributed by atoms with Crippen LogP contribution in [0.1, 0.15) is 44.1 Å². The van der Waals surface area contributed by atoms with Crippen LogP contribution in [0, 0.1) is 17.7 Å². The number of hydrogen-bond donors (Lipinski definition) is 0. The molecular formula is C21H27FN2O2. The zero-order chi connectivity index (χ0) is 18.1. The Bertz CT molecular complexity index is 680. The maximum absolute atomic E-state index is 13.8. The highest BCUT2D eigenvalue weighted by Crippen LogP contribution is 2.33. The molecule has 2 amide bonds. The molecule has 1 atom stereocenters. The predicted molar refractivity (Wildman–Crippen MR) is 96.9 cm³/mol. The first-order valence-electron chi connectivity index (χ1n) is 9.93. The van der Waals surface area contributed by atoms with Gasteiger partial charge in [0.25, 0.3) is 0 Å². The summed E-state index contributed by atoms with van der Waals surface area (Å²) < 4.78 is 13.8. The monoisotopic (exact) mass is 358 g/mol. The summed E-state index contributed by atoms with van der Waals surface area (Å²) in [7, 11) is 0. The quantitative estimate of drug-likeness (QED) is 0.830. The van der Waals surface area contributed by atoms with Crippen LogP contribution in [-0.4, -0.2) is 47.3 Å². The lowest BCUT2D eigenvalue weighted by Gasteiger charge is -2.38. The number of amides is 2. The Morgan fingerprint density at radius 2 is 1.81 bits per heavy atom. The molecule has 0 bridgehead atoms. The standard InChI is InChI=1S/C21H27FN2O2/c22-19-4-2-1-3-16(19)13-15-9-11-23(12-10-15)21(26)17-5-8-20(25)24(14-17)18-6-7-18/h1-4,15,17-18H,5-14H2/t17-/m0/s1. The van der Waals surface area contributed by atoms with Crippen LogP contribution in [0.2, 0.25) is 0 Å². The number of hydrogen-bond acceptors (Lipinski definition) is 2. The number of rotatable bonds is 4.